The first kappa shape index (κ1) is 11.9. The number of aliphatic carboxylic acids is 1. The fraction of sp³-hybridized carbons (Fsp3) is 0.200. The van der Waals surface area contributed by atoms with E-state index in [1.165, 1.54) is 11.8 Å². The summed E-state index contributed by atoms with van der Waals surface area (Å²) in [6.07, 6.45) is 0. The Labute approximate surface area is 109 Å². The molecule has 0 saturated carbocycles. The Hall–Kier alpha value is -0.590. The van der Waals surface area contributed by atoms with E-state index < -0.39 is 5.97 Å². The molecule has 0 bridgehead atoms. The summed E-state index contributed by atoms with van der Waals surface area (Å²) in [6, 6.07) is 5.94. The van der Waals surface area contributed by atoms with E-state index in [1.54, 1.807) is 11.3 Å². The molecule has 0 unspecified atom stereocenters. The van der Waals surface area contributed by atoms with Crippen molar-refractivity contribution in [2.45, 2.75) is 5.75 Å². The van der Waals surface area contributed by atoms with E-state index in [9.17, 15) is 4.79 Å². The summed E-state index contributed by atoms with van der Waals surface area (Å²) in [5, 5.41) is 9.50. The molecule has 84 valence electrons. The molecule has 3 nitrogen and oxygen atoms in total. The molecule has 1 N–H and O–H groups in total. The first-order valence-electron chi connectivity index (χ1n) is 4.49. The number of thioether (sulfide) groups is 1. The van der Waals surface area contributed by atoms with Crippen molar-refractivity contribution in [3.63, 3.8) is 0 Å². The number of hydrogen-bond acceptors (Lipinski definition) is 4. The Balaban J connectivity index is 2.10. The molecule has 0 aliphatic carbocycles. The molecular formula is C10H8BrNO2S2. The Morgan fingerprint density at radius 2 is 2.38 bits per heavy atom. The van der Waals surface area contributed by atoms with Crippen LogP contribution < -0.4 is 0 Å². The van der Waals surface area contributed by atoms with Crippen LogP contribution in [0.1, 0.15) is 5.01 Å². The number of rotatable bonds is 4. The molecule has 0 atom stereocenters. The molecule has 1 heterocycles. The first-order valence-corrected chi connectivity index (χ1v) is 7.26. The van der Waals surface area contributed by atoms with Crippen molar-refractivity contribution in [1.82, 2.24) is 4.98 Å². The van der Waals surface area contributed by atoms with Gasteiger partial charge in [0.25, 0.3) is 0 Å². The number of halogens is 1. The van der Waals surface area contributed by atoms with Gasteiger partial charge >= 0.3 is 5.97 Å². The second-order valence-electron chi connectivity index (χ2n) is 3.11. The van der Waals surface area contributed by atoms with Crippen LogP contribution in [0.4, 0.5) is 0 Å². The minimum absolute atomic E-state index is 0.125. The van der Waals surface area contributed by atoms with E-state index in [4.69, 9.17) is 5.11 Å². The number of aromatic nitrogens is 1. The lowest BCUT2D eigenvalue weighted by atomic mass is 10.3. The second-order valence-corrected chi connectivity index (χ2v) is 6.12. The second kappa shape index (κ2) is 5.16. The zero-order valence-electron chi connectivity index (χ0n) is 8.14. The molecule has 1 aromatic carbocycles. The maximum atomic E-state index is 10.4. The third kappa shape index (κ3) is 2.96. The normalized spacial score (nSPS) is 10.8. The maximum absolute atomic E-state index is 10.4. The van der Waals surface area contributed by atoms with E-state index >= 15 is 0 Å². The van der Waals surface area contributed by atoms with Crippen LogP contribution in [0, 0.1) is 0 Å². The first-order chi connectivity index (χ1) is 7.65. The molecule has 16 heavy (non-hydrogen) atoms. The van der Waals surface area contributed by atoms with Gasteiger partial charge in [0.15, 0.2) is 0 Å². The van der Waals surface area contributed by atoms with E-state index in [1.807, 2.05) is 18.2 Å². The Morgan fingerprint density at radius 1 is 1.56 bits per heavy atom. The SMILES string of the molecule is O=C(O)CSCc1nc2ccc(Br)cc2s1. The zero-order valence-corrected chi connectivity index (χ0v) is 11.4. The predicted octanol–water partition coefficient (Wildman–Crippen LogP) is 3.38. The van der Waals surface area contributed by atoms with Crippen LogP contribution in [-0.2, 0) is 10.5 Å². The monoisotopic (exact) mass is 317 g/mol. The number of carboxylic acids is 1. The van der Waals surface area contributed by atoms with Crippen molar-refractivity contribution < 1.29 is 9.90 Å². The van der Waals surface area contributed by atoms with Gasteiger partial charge in [0, 0.05) is 10.2 Å². The van der Waals surface area contributed by atoms with Crippen molar-refractivity contribution in [2.75, 3.05) is 5.75 Å². The van der Waals surface area contributed by atoms with Crippen molar-refractivity contribution in [3.05, 3.63) is 27.7 Å². The van der Waals surface area contributed by atoms with Gasteiger partial charge in [0.05, 0.1) is 16.0 Å². The van der Waals surface area contributed by atoms with E-state index in [0.717, 1.165) is 19.7 Å². The number of fused-ring (bicyclic) bond motifs is 1. The van der Waals surface area contributed by atoms with Crippen LogP contribution in [0.2, 0.25) is 0 Å². The molecule has 2 rings (SSSR count). The predicted molar refractivity (Wildman–Crippen MR) is 71.1 cm³/mol. The molecule has 0 aliphatic heterocycles. The molecule has 0 aliphatic rings. The number of carbonyl (C=O) groups is 1. The Morgan fingerprint density at radius 3 is 3.12 bits per heavy atom. The average Bonchev–Trinajstić information content (AvgIpc) is 2.58. The van der Waals surface area contributed by atoms with Crippen molar-refractivity contribution in [1.29, 1.82) is 0 Å². The standard InChI is InChI=1S/C10H8BrNO2S2/c11-6-1-2-7-8(3-6)16-9(12-7)4-15-5-10(13)14/h1-3H,4-5H2,(H,13,14). The van der Waals surface area contributed by atoms with E-state index in [-0.39, 0.29) is 5.75 Å². The van der Waals surface area contributed by atoms with Gasteiger partial charge in [-0.3, -0.25) is 4.79 Å². The summed E-state index contributed by atoms with van der Waals surface area (Å²) >= 11 is 6.39. The maximum Gasteiger partial charge on any atom is 0.313 e. The number of hydrogen-bond donors (Lipinski definition) is 1. The zero-order chi connectivity index (χ0) is 11.5. The lowest BCUT2D eigenvalue weighted by molar-refractivity contribution is -0.133. The lowest BCUT2D eigenvalue weighted by Gasteiger charge is -1.92. The summed E-state index contributed by atoms with van der Waals surface area (Å²) in [5.74, 6) is -0.00283. The van der Waals surface area contributed by atoms with Gasteiger partial charge in [-0.15, -0.1) is 23.1 Å². The number of thiazole rings is 1. The molecular weight excluding hydrogens is 310 g/mol. The average molecular weight is 318 g/mol. The fourth-order valence-electron chi connectivity index (χ4n) is 1.23. The molecule has 0 radical (unpaired) electrons. The molecule has 2 aromatic rings. The van der Waals surface area contributed by atoms with Gasteiger partial charge in [0.2, 0.25) is 0 Å². The summed E-state index contributed by atoms with van der Waals surface area (Å²) in [5.41, 5.74) is 0.971. The van der Waals surface area contributed by atoms with E-state index in [0.29, 0.717) is 5.75 Å². The minimum Gasteiger partial charge on any atom is -0.481 e. The van der Waals surface area contributed by atoms with Crippen LogP contribution in [0.3, 0.4) is 0 Å². The summed E-state index contributed by atoms with van der Waals surface area (Å²) in [4.78, 5) is 14.8. The molecule has 6 heteroatoms. The highest BCUT2D eigenvalue weighted by Crippen LogP contribution is 2.27. The van der Waals surface area contributed by atoms with Crippen molar-refractivity contribution >= 4 is 55.2 Å². The van der Waals surface area contributed by atoms with Crippen molar-refractivity contribution in [3.8, 4) is 0 Å². The van der Waals surface area contributed by atoms with Crippen molar-refractivity contribution in [2.24, 2.45) is 0 Å². The molecule has 0 spiro atoms. The van der Waals surface area contributed by atoms with Gasteiger partial charge in [-0.2, -0.15) is 0 Å². The van der Waals surface area contributed by atoms with Gasteiger partial charge in [-0.25, -0.2) is 4.98 Å². The van der Waals surface area contributed by atoms with Crippen LogP contribution in [0.15, 0.2) is 22.7 Å². The highest BCUT2D eigenvalue weighted by atomic mass is 79.9. The highest BCUT2D eigenvalue weighted by molar-refractivity contribution is 9.10. The quantitative estimate of drug-likeness (QED) is 0.939. The minimum atomic E-state index is -0.783. The Kier molecular flexibility index (Phi) is 3.83. The third-order valence-corrected chi connectivity index (χ3v) is 4.47. The molecule has 0 fully saturated rings. The van der Waals surface area contributed by atoms with E-state index in [2.05, 4.69) is 20.9 Å². The van der Waals surface area contributed by atoms with Crippen LogP contribution in [0.5, 0.6) is 0 Å². The largest absolute Gasteiger partial charge is 0.481 e. The topological polar surface area (TPSA) is 50.2 Å². The van der Waals surface area contributed by atoms with Gasteiger partial charge in [-0.1, -0.05) is 15.9 Å². The molecule has 0 amide bonds. The summed E-state index contributed by atoms with van der Waals surface area (Å²) < 4.78 is 2.16. The summed E-state index contributed by atoms with van der Waals surface area (Å²) in [6.45, 7) is 0. The number of benzene rings is 1. The smallest absolute Gasteiger partial charge is 0.313 e. The molecule has 1 aromatic heterocycles. The van der Waals surface area contributed by atoms with Gasteiger partial charge in [0.1, 0.15) is 5.01 Å². The van der Waals surface area contributed by atoms with Gasteiger partial charge in [-0.05, 0) is 18.2 Å². The van der Waals surface area contributed by atoms with Crippen LogP contribution >= 0.6 is 39.0 Å². The molecule has 0 saturated heterocycles. The number of carboxylic acid groups (broad SMARTS) is 1. The summed E-state index contributed by atoms with van der Waals surface area (Å²) in [7, 11) is 0. The number of nitrogens with zero attached hydrogens (tertiary/aromatic N) is 1. The van der Waals surface area contributed by atoms with Crippen LogP contribution in [-0.4, -0.2) is 21.8 Å². The highest BCUT2D eigenvalue weighted by Gasteiger charge is 2.05. The Bertz CT molecular complexity index is 527. The third-order valence-electron chi connectivity index (χ3n) is 1.85. The van der Waals surface area contributed by atoms with Gasteiger partial charge < -0.3 is 5.11 Å². The fourth-order valence-corrected chi connectivity index (χ4v) is 3.55. The van der Waals surface area contributed by atoms with Crippen LogP contribution in [0.25, 0.3) is 10.2 Å². The lowest BCUT2D eigenvalue weighted by Crippen LogP contribution is -1.97.